The predicted octanol–water partition coefficient (Wildman–Crippen LogP) is 0.953. The van der Waals surface area contributed by atoms with Gasteiger partial charge in [-0.2, -0.15) is 0 Å². The number of aliphatic hydroxyl groups is 1. The summed E-state index contributed by atoms with van der Waals surface area (Å²) in [5, 5.41) is 9.91. The van der Waals surface area contributed by atoms with Crippen LogP contribution in [-0.2, 0) is 11.2 Å². The van der Waals surface area contributed by atoms with E-state index in [0.717, 1.165) is 11.1 Å². The van der Waals surface area contributed by atoms with Crippen molar-refractivity contribution in [3.05, 3.63) is 35.4 Å². The maximum Gasteiger partial charge on any atom is 0.150 e. The van der Waals surface area contributed by atoms with Crippen molar-refractivity contribution in [1.29, 1.82) is 0 Å². The van der Waals surface area contributed by atoms with Crippen molar-refractivity contribution < 1.29 is 9.90 Å². The van der Waals surface area contributed by atoms with Crippen LogP contribution in [0.25, 0.3) is 0 Å². The molecule has 0 spiro atoms. The van der Waals surface area contributed by atoms with Gasteiger partial charge in [0.25, 0.3) is 0 Å². The van der Waals surface area contributed by atoms with E-state index >= 15 is 0 Å². The van der Waals surface area contributed by atoms with Crippen LogP contribution < -0.4 is 5.73 Å². The number of hydrogen-bond acceptors (Lipinski definition) is 3. The Kier molecular flexibility index (Phi) is 2.37. The van der Waals surface area contributed by atoms with Gasteiger partial charge in [-0.3, -0.25) is 4.79 Å². The van der Waals surface area contributed by atoms with Crippen LogP contribution in [0.4, 0.5) is 0 Å². The minimum Gasteiger partial charge on any atom is -0.388 e. The molecule has 0 fully saturated rings. The molecule has 3 nitrogen and oxygen atoms in total. The molecule has 0 saturated heterocycles. The van der Waals surface area contributed by atoms with Crippen molar-refractivity contribution in [2.45, 2.75) is 31.4 Å². The molecule has 0 saturated carbocycles. The second-order valence-corrected chi connectivity index (χ2v) is 4.31. The van der Waals surface area contributed by atoms with E-state index in [9.17, 15) is 9.90 Å². The minimum absolute atomic E-state index is 0.0592. The molecule has 3 heteroatoms. The Bertz CT molecular complexity index is 402. The molecule has 80 valence electrons. The quantitative estimate of drug-likeness (QED) is 0.717. The summed E-state index contributed by atoms with van der Waals surface area (Å²) in [5.41, 5.74) is 6.99. The van der Waals surface area contributed by atoms with Crippen LogP contribution in [-0.4, -0.2) is 16.4 Å². The van der Waals surface area contributed by atoms with Gasteiger partial charge in [0, 0.05) is 6.42 Å². The van der Waals surface area contributed by atoms with Gasteiger partial charge < -0.3 is 10.8 Å². The number of nitrogens with two attached hydrogens (primary N) is 1. The number of carbonyl (C=O) groups excluding carboxylic acids is 1. The highest BCUT2D eigenvalue weighted by molar-refractivity contribution is 5.86. The van der Waals surface area contributed by atoms with Crippen molar-refractivity contribution in [1.82, 2.24) is 0 Å². The second-order valence-electron chi connectivity index (χ2n) is 4.31. The third-order valence-electron chi connectivity index (χ3n) is 3.18. The lowest BCUT2D eigenvalue weighted by Crippen LogP contribution is -2.52. The first-order chi connectivity index (χ1) is 7.03. The lowest BCUT2D eigenvalue weighted by molar-refractivity contribution is -0.123. The lowest BCUT2D eigenvalue weighted by Gasteiger charge is -2.35. The van der Waals surface area contributed by atoms with Gasteiger partial charge in [-0.25, -0.2) is 0 Å². The molecule has 0 aromatic heterocycles. The molecule has 2 rings (SSSR count). The molecule has 0 amide bonds. The first-order valence-corrected chi connectivity index (χ1v) is 5.09. The number of benzene rings is 1. The summed E-state index contributed by atoms with van der Waals surface area (Å²) in [6.07, 6.45) is 0.221. The van der Waals surface area contributed by atoms with Gasteiger partial charge in [-0.1, -0.05) is 24.3 Å². The number of carbonyl (C=O) groups is 1. The Hall–Kier alpha value is -1.19. The fourth-order valence-corrected chi connectivity index (χ4v) is 2.16. The minimum atomic E-state index is -0.895. The van der Waals surface area contributed by atoms with Crippen molar-refractivity contribution >= 4 is 5.78 Å². The zero-order valence-electron chi connectivity index (χ0n) is 8.73. The van der Waals surface area contributed by atoms with Crippen molar-refractivity contribution in [2.24, 2.45) is 5.73 Å². The van der Waals surface area contributed by atoms with Crippen molar-refractivity contribution in [3.63, 3.8) is 0 Å². The predicted molar refractivity (Wildman–Crippen MR) is 57.3 cm³/mol. The van der Waals surface area contributed by atoms with Crippen LogP contribution in [0.1, 0.15) is 30.6 Å². The highest BCUT2D eigenvalue weighted by atomic mass is 16.3. The van der Waals surface area contributed by atoms with E-state index in [0.29, 0.717) is 12.8 Å². The third kappa shape index (κ3) is 1.68. The molecule has 15 heavy (non-hydrogen) atoms. The molecule has 1 aromatic rings. The van der Waals surface area contributed by atoms with Crippen LogP contribution in [0, 0.1) is 0 Å². The molecule has 1 aliphatic rings. The summed E-state index contributed by atoms with van der Waals surface area (Å²) in [6.45, 7) is 1.49. The molecule has 2 atom stereocenters. The topological polar surface area (TPSA) is 63.3 Å². The van der Waals surface area contributed by atoms with Gasteiger partial charge in [0.05, 0.1) is 11.6 Å². The van der Waals surface area contributed by atoms with E-state index in [1.807, 2.05) is 24.3 Å². The SMILES string of the molecule is CC(=O)C1(N)Cc2ccccc2C(O)C1. The Morgan fingerprint density at radius 2 is 2.20 bits per heavy atom. The summed E-state index contributed by atoms with van der Waals surface area (Å²) in [5.74, 6) is -0.0592. The Morgan fingerprint density at radius 3 is 2.87 bits per heavy atom. The van der Waals surface area contributed by atoms with E-state index in [1.54, 1.807) is 0 Å². The normalized spacial score (nSPS) is 29.7. The van der Waals surface area contributed by atoms with E-state index in [1.165, 1.54) is 6.92 Å². The maximum atomic E-state index is 11.4. The molecule has 0 radical (unpaired) electrons. The summed E-state index contributed by atoms with van der Waals surface area (Å²) < 4.78 is 0. The van der Waals surface area contributed by atoms with Gasteiger partial charge in [-0.15, -0.1) is 0 Å². The standard InChI is InChI=1S/C12H15NO2/c1-8(14)12(13)6-9-4-2-3-5-10(9)11(15)7-12/h2-5,11,15H,6-7,13H2,1H3. The van der Waals surface area contributed by atoms with E-state index < -0.39 is 11.6 Å². The Morgan fingerprint density at radius 1 is 1.53 bits per heavy atom. The molecule has 0 bridgehead atoms. The number of Topliss-reactive ketones (excluding diaryl/α,β-unsaturated/α-hetero) is 1. The number of aliphatic hydroxyl groups excluding tert-OH is 1. The molecule has 1 aromatic carbocycles. The highest BCUT2D eigenvalue weighted by Gasteiger charge is 2.38. The van der Waals surface area contributed by atoms with Gasteiger partial charge in [0.15, 0.2) is 0 Å². The molecule has 2 unspecified atom stereocenters. The Balaban J connectivity index is 2.42. The molecular weight excluding hydrogens is 190 g/mol. The van der Waals surface area contributed by atoms with Crippen molar-refractivity contribution in [2.75, 3.05) is 0 Å². The van der Waals surface area contributed by atoms with Gasteiger partial charge in [-0.05, 0) is 24.5 Å². The largest absolute Gasteiger partial charge is 0.388 e. The van der Waals surface area contributed by atoms with Gasteiger partial charge in [0.2, 0.25) is 0 Å². The van der Waals surface area contributed by atoms with E-state index in [-0.39, 0.29) is 5.78 Å². The van der Waals surface area contributed by atoms with Crippen molar-refractivity contribution in [3.8, 4) is 0 Å². The number of hydrogen-bond donors (Lipinski definition) is 2. The fourth-order valence-electron chi connectivity index (χ4n) is 2.16. The van der Waals surface area contributed by atoms with Crippen LogP contribution in [0.15, 0.2) is 24.3 Å². The lowest BCUT2D eigenvalue weighted by atomic mass is 9.75. The summed E-state index contributed by atoms with van der Waals surface area (Å²) in [6, 6.07) is 7.60. The smallest absolute Gasteiger partial charge is 0.150 e. The first kappa shape index (κ1) is 10.3. The molecule has 0 heterocycles. The van der Waals surface area contributed by atoms with Crippen LogP contribution in [0.3, 0.4) is 0 Å². The first-order valence-electron chi connectivity index (χ1n) is 5.09. The number of rotatable bonds is 1. The summed E-state index contributed by atoms with van der Waals surface area (Å²) in [4.78, 5) is 11.4. The maximum absolute atomic E-state index is 11.4. The number of ketones is 1. The second kappa shape index (κ2) is 3.43. The molecule has 3 N–H and O–H groups in total. The summed E-state index contributed by atoms with van der Waals surface area (Å²) >= 11 is 0. The zero-order valence-corrected chi connectivity index (χ0v) is 8.73. The third-order valence-corrected chi connectivity index (χ3v) is 3.18. The molecule has 1 aliphatic carbocycles. The average molecular weight is 205 g/mol. The van der Waals surface area contributed by atoms with Crippen LogP contribution >= 0.6 is 0 Å². The zero-order chi connectivity index (χ0) is 11.1. The van der Waals surface area contributed by atoms with E-state index in [4.69, 9.17) is 5.73 Å². The molecular formula is C12H15NO2. The van der Waals surface area contributed by atoms with Gasteiger partial charge in [0.1, 0.15) is 5.78 Å². The highest BCUT2D eigenvalue weighted by Crippen LogP contribution is 2.34. The summed E-state index contributed by atoms with van der Waals surface area (Å²) in [7, 11) is 0. The monoisotopic (exact) mass is 205 g/mol. The fraction of sp³-hybridized carbons (Fsp3) is 0.417. The Labute approximate surface area is 88.9 Å². The number of fused-ring (bicyclic) bond motifs is 1. The molecule has 0 aliphatic heterocycles. The van der Waals surface area contributed by atoms with Gasteiger partial charge >= 0.3 is 0 Å². The van der Waals surface area contributed by atoms with Crippen LogP contribution in [0.2, 0.25) is 0 Å². The van der Waals surface area contributed by atoms with Crippen LogP contribution in [0.5, 0.6) is 0 Å². The van der Waals surface area contributed by atoms with E-state index in [2.05, 4.69) is 0 Å². The average Bonchev–Trinajstić information content (AvgIpc) is 2.17.